The molecule has 4 rings (SSSR count). The highest BCUT2D eigenvalue weighted by atomic mass is 16.5. The van der Waals surface area contributed by atoms with Crippen LogP contribution in [0.1, 0.15) is 22.7 Å². The number of ether oxygens (including phenoxy) is 1. The van der Waals surface area contributed by atoms with E-state index in [-0.39, 0.29) is 11.9 Å². The number of nitrogens with zero attached hydrogens (tertiary/aromatic N) is 3. The molecule has 1 unspecified atom stereocenters. The molecule has 1 amide bonds. The molecule has 2 aliphatic heterocycles. The van der Waals surface area contributed by atoms with Gasteiger partial charge in [0.1, 0.15) is 11.8 Å². The molecule has 1 saturated heterocycles. The Hall–Kier alpha value is -2.37. The summed E-state index contributed by atoms with van der Waals surface area (Å²) in [7, 11) is 3.68. The second-order valence-electron chi connectivity index (χ2n) is 7.90. The van der Waals surface area contributed by atoms with E-state index in [9.17, 15) is 4.79 Å². The van der Waals surface area contributed by atoms with E-state index in [2.05, 4.69) is 40.1 Å². The number of rotatable bonds is 5. The molecule has 5 nitrogen and oxygen atoms in total. The minimum absolute atomic E-state index is 0.151. The summed E-state index contributed by atoms with van der Waals surface area (Å²) in [5.74, 6) is 1.19. The van der Waals surface area contributed by atoms with E-state index in [1.807, 2.05) is 32.3 Å². The van der Waals surface area contributed by atoms with Crippen LogP contribution in [0.3, 0.4) is 0 Å². The number of fused-ring (bicyclic) bond motifs is 1. The lowest BCUT2D eigenvalue weighted by Gasteiger charge is -2.39. The molecular weight excluding hydrogens is 350 g/mol. The smallest absolute Gasteiger partial charge is 0.244 e. The van der Waals surface area contributed by atoms with Crippen LogP contribution < -0.4 is 4.74 Å². The maximum atomic E-state index is 12.9. The van der Waals surface area contributed by atoms with Crippen LogP contribution in [0, 0.1) is 0 Å². The Morgan fingerprint density at radius 1 is 1.07 bits per heavy atom. The van der Waals surface area contributed by atoms with Gasteiger partial charge in [0, 0.05) is 53.2 Å². The number of likely N-dealkylation sites (N-methyl/N-ethyl adjacent to an activating group) is 1. The minimum Gasteiger partial charge on any atom is -0.493 e. The van der Waals surface area contributed by atoms with Gasteiger partial charge in [-0.2, -0.15) is 0 Å². The molecule has 0 radical (unpaired) electrons. The van der Waals surface area contributed by atoms with Gasteiger partial charge >= 0.3 is 0 Å². The van der Waals surface area contributed by atoms with E-state index in [1.54, 1.807) is 4.90 Å². The Bertz CT molecular complexity index is 814. The van der Waals surface area contributed by atoms with Crippen LogP contribution in [-0.4, -0.2) is 67.5 Å². The average Bonchev–Trinajstić information content (AvgIpc) is 3.18. The number of hydrogen-bond donors (Lipinski definition) is 0. The summed E-state index contributed by atoms with van der Waals surface area (Å²) in [5.41, 5.74) is 3.76. The van der Waals surface area contributed by atoms with E-state index < -0.39 is 0 Å². The van der Waals surface area contributed by atoms with E-state index in [0.717, 1.165) is 57.1 Å². The maximum absolute atomic E-state index is 12.9. The first-order valence-electron chi connectivity index (χ1n) is 10.1. The van der Waals surface area contributed by atoms with Crippen LogP contribution in [-0.2, 0) is 17.8 Å². The van der Waals surface area contributed by atoms with Gasteiger partial charge in [0.15, 0.2) is 0 Å². The summed E-state index contributed by atoms with van der Waals surface area (Å²) in [6, 6.07) is 16.5. The molecule has 0 aliphatic carbocycles. The highest BCUT2D eigenvalue weighted by Crippen LogP contribution is 2.27. The zero-order valence-electron chi connectivity index (χ0n) is 16.8. The van der Waals surface area contributed by atoms with E-state index >= 15 is 0 Å². The molecule has 0 aromatic heterocycles. The lowest BCUT2D eigenvalue weighted by molar-refractivity contribution is -0.135. The SMILES string of the molecule is CN(C)C(=O)C(c1ccccc1)N1CCN(Cc2ccc3c(c2)CCO3)CC1. The molecule has 2 aliphatic rings. The van der Waals surface area contributed by atoms with Gasteiger partial charge in [-0.1, -0.05) is 42.5 Å². The van der Waals surface area contributed by atoms with Crippen LogP contribution in [0.5, 0.6) is 5.75 Å². The number of carbonyl (C=O) groups is 1. The first-order chi connectivity index (χ1) is 13.6. The van der Waals surface area contributed by atoms with Gasteiger partial charge in [-0.05, 0) is 22.8 Å². The largest absolute Gasteiger partial charge is 0.493 e. The predicted octanol–water partition coefficient (Wildman–Crippen LogP) is 2.57. The van der Waals surface area contributed by atoms with Crippen LogP contribution in [0.25, 0.3) is 0 Å². The molecule has 0 spiro atoms. The summed E-state index contributed by atoms with van der Waals surface area (Å²) < 4.78 is 5.61. The Balaban J connectivity index is 1.41. The zero-order valence-corrected chi connectivity index (χ0v) is 16.8. The molecular formula is C23H29N3O2. The number of piperazine rings is 1. The number of amides is 1. The molecule has 28 heavy (non-hydrogen) atoms. The minimum atomic E-state index is -0.199. The fourth-order valence-corrected chi connectivity index (χ4v) is 4.17. The van der Waals surface area contributed by atoms with Gasteiger partial charge < -0.3 is 9.64 Å². The van der Waals surface area contributed by atoms with Crippen molar-refractivity contribution in [2.24, 2.45) is 0 Å². The highest BCUT2D eigenvalue weighted by Gasteiger charge is 2.31. The third kappa shape index (κ3) is 4.05. The van der Waals surface area contributed by atoms with Crippen molar-refractivity contribution >= 4 is 5.91 Å². The van der Waals surface area contributed by atoms with Crippen LogP contribution in [0.15, 0.2) is 48.5 Å². The first-order valence-corrected chi connectivity index (χ1v) is 10.1. The van der Waals surface area contributed by atoms with Gasteiger partial charge in [-0.25, -0.2) is 0 Å². The fourth-order valence-electron chi connectivity index (χ4n) is 4.17. The van der Waals surface area contributed by atoms with Gasteiger partial charge in [-0.15, -0.1) is 0 Å². The Morgan fingerprint density at radius 2 is 1.82 bits per heavy atom. The molecule has 148 valence electrons. The molecule has 0 N–H and O–H groups in total. The van der Waals surface area contributed by atoms with Crippen LogP contribution in [0.4, 0.5) is 0 Å². The Labute approximate surface area is 167 Å². The molecule has 2 aromatic rings. The topological polar surface area (TPSA) is 36.0 Å². The van der Waals surface area contributed by atoms with Crippen molar-refractivity contribution in [3.05, 3.63) is 65.2 Å². The Morgan fingerprint density at radius 3 is 2.54 bits per heavy atom. The fraction of sp³-hybridized carbons (Fsp3) is 0.435. The third-order valence-electron chi connectivity index (χ3n) is 5.72. The third-order valence-corrected chi connectivity index (χ3v) is 5.72. The summed E-state index contributed by atoms with van der Waals surface area (Å²) in [5, 5.41) is 0. The summed E-state index contributed by atoms with van der Waals surface area (Å²) in [6.45, 7) is 5.49. The first kappa shape index (κ1) is 19.0. The normalized spacial score (nSPS) is 18.4. The molecule has 0 saturated carbocycles. The summed E-state index contributed by atoms with van der Waals surface area (Å²) >= 11 is 0. The van der Waals surface area contributed by atoms with Crippen molar-refractivity contribution in [2.45, 2.75) is 19.0 Å². The van der Waals surface area contributed by atoms with Crippen molar-refractivity contribution < 1.29 is 9.53 Å². The van der Waals surface area contributed by atoms with Gasteiger partial charge in [0.05, 0.1) is 6.61 Å². The maximum Gasteiger partial charge on any atom is 0.244 e. The second-order valence-corrected chi connectivity index (χ2v) is 7.90. The standard InChI is InChI=1S/C23H29N3O2/c1-24(2)23(27)22(19-6-4-3-5-7-19)26-13-11-25(12-14-26)17-18-8-9-21-20(16-18)10-15-28-21/h3-9,16,22H,10-15,17H2,1-2H3. The molecule has 2 aromatic carbocycles. The lowest BCUT2D eigenvalue weighted by atomic mass is 10.0. The van der Waals surface area contributed by atoms with Gasteiger partial charge in [0.25, 0.3) is 0 Å². The quantitative estimate of drug-likeness (QED) is 0.800. The molecule has 1 fully saturated rings. The predicted molar refractivity (Wildman–Crippen MR) is 110 cm³/mol. The van der Waals surface area contributed by atoms with Crippen molar-refractivity contribution in [3.8, 4) is 5.75 Å². The average molecular weight is 380 g/mol. The van der Waals surface area contributed by atoms with Crippen molar-refractivity contribution in [3.63, 3.8) is 0 Å². The summed E-state index contributed by atoms with van der Waals surface area (Å²) in [4.78, 5) is 19.4. The second kappa shape index (κ2) is 8.33. The van der Waals surface area contributed by atoms with E-state index in [1.165, 1.54) is 11.1 Å². The molecule has 1 atom stereocenters. The van der Waals surface area contributed by atoms with Gasteiger partial charge in [-0.3, -0.25) is 14.6 Å². The number of carbonyl (C=O) groups excluding carboxylic acids is 1. The van der Waals surface area contributed by atoms with E-state index in [4.69, 9.17) is 4.74 Å². The highest BCUT2D eigenvalue weighted by molar-refractivity contribution is 5.82. The van der Waals surface area contributed by atoms with Gasteiger partial charge in [0.2, 0.25) is 5.91 Å². The monoisotopic (exact) mass is 379 g/mol. The number of benzene rings is 2. The molecule has 2 heterocycles. The van der Waals surface area contributed by atoms with E-state index in [0.29, 0.717) is 0 Å². The van der Waals surface area contributed by atoms with Crippen LogP contribution >= 0.6 is 0 Å². The summed E-state index contributed by atoms with van der Waals surface area (Å²) in [6.07, 6.45) is 1.02. The van der Waals surface area contributed by atoms with Crippen molar-refractivity contribution in [1.29, 1.82) is 0 Å². The van der Waals surface area contributed by atoms with Crippen molar-refractivity contribution in [2.75, 3.05) is 46.9 Å². The zero-order chi connectivity index (χ0) is 19.5. The Kier molecular flexibility index (Phi) is 5.64. The van der Waals surface area contributed by atoms with Crippen molar-refractivity contribution in [1.82, 2.24) is 14.7 Å². The number of hydrogen-bond acceptors (Lipinski definition) is 4. The molecule has 5 heteroatoms. The lowest BCUT2D eigenvalue weighted by Crippen LogP contribution is -2.50. The molecule has 0 bridgehead atoms. The van der Waals surface area contributed by atoms with Crippen LogP contribution in [0.2, 0.25) is 0 Å².